The average Bonchev–Trinajstić information content (AvgIpc) is 2.29. The van der Waals surface area contributed by atoms with Gasteiger partial charge >= 0.3 is 5.97 Å². The maximum Gasteiger partial charge on any atom is 0.310 e. The second-order valence-corrected chi connectivity index (χ2v) is 3.45. The number of aromatic nitrogens is 1. The number of esters is 1. The van der Waals surface area contributed by atoms with Gasteiger partial charge in [-0.25, -0.2) is 18.2 Å². The van der Waals surface area contributed by atoms with Gasteiger partial charge in [0.05, 0.1) is 18.7 Å². The first-order valence-corrected chi connectivity index (χ1v) is 5.31. The van der Waals surface area contributed by atoms with Crippen LogP contribution >= 0.6 is 0 Å². The van der Waals surface area contributed by atoms with E-state index in [2.05, 4.69) is 9.72 Å². The summed E-state index contributed by atoms with van der Waals surface area (Å²) in [6.45, 7) is 1.42. The summed E-state index contributed by atoms with van der Waals surface area (Å²) in [6, 6.07) is 0.855. The second kappa shape index (κ2) is 6.34. The van der Waals surface area contributed by atoms with E-state index in [1.165, 1.54) is 0 Å². The molecule has 1 rings (SSSR count). The van der Waals surface area contributed by atoms with Crippen molar-refractivity contribution in [3.8, 4) is 0 Å². The highest BCUT2D eigenvalue weighted by molar-refractivity contribution is 5.72. The minimum Gasteiger partial charge on any atom is -0.466 e. The fourth-order valence-corrected chi connectivity index (χ4v) is 1.42. The summed E-state index contributed by atoms with van der Waals surface area (Å²) in [4.78, 5) is 14.7. The monoisotopic (exact) mass is 262 g/mol. The number of pyridine rings is 1. The van der Waals surface area contributed by atoms with Crippen molar-refractivity contribution >= 4 is 5.97 Å². The molecule has 1 aromatic heterocycles. The minimum absolute atomic E-state index is 0.125. The molecule has 0 radical (unpaired) electrons. The third-order valence-corrected chi connectivity index (χ3v) is 2.20. The Morgan fingerprint density at radius 1 is 1.56 bits per heavy atom. The molecule has 100 valence electrons. The number of rotatable bonds is 5. The number of nitrogens with two attached hydrogens (primary N) is 1. The first-order chi connectivity index (χ1) is 8.49. The largest absolute Gasteiger partial charge is 0.466 e. The van der Waals surface area contributed by atoms with Crippen LogP contribution in [0.25, 0.3) is 0 Å². The van der Waals surface area contributed by atoms with Crippen LogP contribution in [-0.2, 0) is 22.5 Å². The SMILES string of the molecule is CCOC(=O)Cc1cc(F)c(CN)nc1C(F)F. The van der Waals surface area contributed by atoms with E-state index in [0.29, 0.717) is 0 Å². The van der Waals surface area contributed by atoms with Gasteiger partial charge in [0, 0.05) is 6.54 Å². The molecule has 0 amide bonds. The highest BCUT2D eigenvalue weighted by Crippen LogP contribution is 2.23. The number of carbonyl (C=O) groups is 1. The van der Waals surface area contributed by atoms with Gasteiger partial charge in [-0.05, 0) is 18.6 Å². The topological polar surface area (TPSA) is 65.2 Å². The first kappa shape index (κ1) is 14.4. The number of halogens is 3. The summed E-state index contributed by atoms with van der Waals surface area (Å²) >= 11 is 0. The van der Waals surface area contributed by atoms with E-state index in [0.717, 1.165) is 6.07 Å². The lowest BCUT2D eigenvalue weighted by atomic mass is 10.1. The van der Waals surface area contributed by atoms with Gasteiger partial charge in [-0.15, -0.1) is 0 Å². The molecule has 0 saturated carbocycles. The molecule has 0 fully saturated rings. The van der Waals surface area contributed by atoms with Crippen LogP contribution in [0.5, 0.6) is 0 Å². The Morgan fingerprint density at radius 2 is 2.22 bits per heavy atom. The maximum atomic E-state index is 13.4. The van der Waals surface area contributed by atoms with Crippen molar-refractivity contribution in [2.24, 2.45) is 5.73 Å². The van der Waals surface area contributed by atoms with E-state index < -0.39 is 30.3 Å². The quantitative estimate of drug-likeness (QED) is 0.820. The van der Waals surface area contributed by atoms with E-state index in [1.807, 2.05) is 0 Å². The average molecular weight is 262 g/mol. The van der Waals surface area contributed by atoms with Crippen molar-refractivity contribution in [3.05, 3.63) is 28.8 Å². The summed E-state index contributed by atoms with van der Waals surface area (Å²) < 4.78 is 43.5. The number of alkyl halides is 2. The van der Waals surface area contributed by atoms with Crippen LogP contribution < -0.4 is 5.73 Å². The summed E-state index contributed by atoms with van der Waals surface area (Å²) in [6.07, 6.45) is -3.34. The molecule has 0 aliphatic carbocycles. The number of carbonyl (C=O) groups excluding carboxylic acids is 1. The molecule has 0 spiro atoms. The Bertz CT molecular complexity index is 439. The Hall–Kier alpha value is -1.63. The van der Waals surface area contributed by atoms with Gasteiger partial charge in [-0.2, -0.15) is 0 Å². The lowest BCUT2D eigenvalue weighted by Gasteiger charge is -2.10. The lowest BCUT2D eigenvalue weighted by molar-refractivity contribution is -0.142. The molecule has 1 aromatic rings. The highest BCUT2D eigenvalue weighted by Gasteiger charge is 2.20. The fourth-order valence-electron chi connectivity index (χ4n) is 1.42. The zero-order valence-corrected chi connectivity index (χ0v) is 9.75. The molecule has 4 nitrogen and oxygen atoms in total. The van der Waals surface area contributed by atoms with Gasteiger partial charge in [-0.3, -0.25) is 4.79 Å². The van der Waals surface area contributed by atoms with Gasteiger partial charge < -0.3 is 10.5 Å². The molecule has 1 heterocycles. The molecule has 0 saturated heterocycles. The molecule has 7 heteroatoms. The minimum atomic E-state index is -2.90. The second-order valence-electron chi connectivity index (χ2n) is 3.45. The molecular weight excluding hydrogens is 249 g/mol. The molecular formula is C11H13F3N2O2. The van der Waals surface area contributed by atoms with E-state index in [-0.39, 0.29) is 24.4 Å². The van der Waals surface area contributed by atoms with Crippen LogP contribution in [0.4, 0.5) is 13.2 Å². The van der Waals surface area contributed by atoms with Crippen molar-refractivity contribution in [1.29, 1.82) is 0 Å². The zero-order valence-electron chi connectivity index (χ0n) is 9.75. The highest BCUT2D eigenvalue weighted by atomic mass is 19.3. The van der Waals surface area contributed by atoms with Crippen molar-refractivity contribution in [2.75, 3.05) is 6.61 Å². The lowest BCUT2D eigenvalue weighted by Crippen LogP contribution is -2.13. The van der Waals surface area contributed by atoms with Crippen LogP contribution in [0.2, 0.25) is 0 Å². The predicted molar refractivity (Wildman–Crippen MR) is 57.4 cm³/mol. The first-order valence-electron chi connectivity index (χ1n) is 5.31. The summed E-state index contributed by atoms with van der Waals surface area (Å²) in [5.41, 5.74) is 4.11. The number of hydrogen-bond acceptors (Lipinski definition) is 4. The van der Waals surface area contributed by atoms with Crippen molar-refractivity contribution in [2.45, 2.75) is 26.3 Å². The Balaban J connectivity index is 3.09. The van der Waals surface area contributed by atoms with Gasteiger partial charge in [0.2, 0.25) is 0 Å². The third-order valence-electron chi connectivity index (χ3n) is 2.20. The smallest absolute Gasteiger partial charge is 0.310 e. The van der Waals surface area contributed by atoms with Crippen molar-refractivity contribution < 1.29 is 22.7 Å². The summed E-state index contributed by atoms with van der Waals surface area (Å²) in [5.74, 6) is -1.51. The van der Waals surface area contributed by atoms with E-state index >= 15 is 0 Å². The molecule has 0 unspecified atom stereocenters. The molecule has 0 aliphatic heterocycles. The Morgan fingerprint density at radius 3 is 2.72 bits per heavy atom. The standard InChI is InChI=1S/C11H13F3N2O2/c1-2-18-9(17)4-6-3-7(12)8(5-15)16-10(6)11(13)14/h3,11H,2,4-5,15H2,1H3. The number of nitrogens with zero attached hydrogens (tertiary/aromatic N) is 1. The predicted octanol–water partition coefficient (Wildman–Crippen LogP) is 1.72. The fraction of sp³-hybridized carbons (Fsp3) is 0.455. The maximum absolute atomic E-state index is 13.4. The Kier molecular flexibility index (Phi) is 5.08. The van der Waals surface area contributed by atoms with Crippen molar-refractivity contribution in [1.82, 2.24) is 4.98 Å². The molecule has 0 aliphatic rings. The van der Waals surface area contributed by atoms with Crippen LogP contribution in [0.15, 0.2) is 6.07 Å². The van der Waals surface area contributed by atoms with Gasteiger partial charge in [-0.1, -0.05) is 0 Å². The number of hydrogen-bond donors (Lipinski definition) is 1. The summed E-state index contributed by atoms with van der Waals surface area (Å²) in [5, 5.41) is 0. The molecule has 0 atom stereocenters. The van der Waals surface area contributed by atoms with E-state index in [4.69, 9.17) is 5.73 Å². The normalized spacial score (nSPS) is 10.8. The molecule has 2 N–H and O–H groups in total. The van der Waals surface area contributed by atoms with Gasteiger partial charge in [0.25, 0.3) is 6.43 Å². The number of ether oxygens (including phenoxy) is 1. The molecule has 18 heavy (non-hydrogen) atoms. The summed E-state index contributed by atoms with van der Waals surface area (Å²) in [7, 11) is 0. The van der Waals surface area contributed by atoms with E-state index in [9.17, 15) is 18.0 Å². The van der Waals surface area contributed by atoms with Crippen LogP contribution in [0, 0.1) is 5.82 Å². The third kappa shape index (κ3) is 3.43. The Labute approximate surface area is 102 Å². The van der Waals surface area contributed by atoms with Crippen molar-refractivity contribution in [3.63, 3.8) is 0 Å². The van der Waals surface area contributed by atoms with E-state index in [1.54, 1.807) is 6.92 Å². The van der Waals surface area contributed by atoms with Crippen LogP contribution in [0.1, 0.15) is 30.3 Å². The molecule has 0 aromatic carbocycles. The van der Waals surface area contributed by atoms with Crippen LogP contribution in [0.3, 0.4) is 0 Å². The zero-order chi connectivity index (χ0) is 13.7. The van der Waals surface area contributed by atoms with Gasteiger partial charge in [0.15, 0.2) is 0 Å². The van der Waals surface area contributed by atoms with Gasteiger partial charge in [0.1, 0.15) is 11.5 Å². The molecule has 0 bridgehead atoms. The van der Waals surface area contributed by atoms with Crippen LogP contribution in [-0.4, -0.2) is 17.6 Å².